The number of amides is 2. The summed E-state index contributed by atoms with van der Waals surface area (Å²) in [7, 11) is 0. The van der Waals surface area contributed by atoms with Gasteiger partial charge in [-0.15, -0.1) is 10.2 Å². The van der Waals surface area contributed by atoms with Gasteiger partial charge in [0.2, 0.25) is 5.13 Å². The summed E-state index contributed by atoms with van der Waals surface area (Å²) in [5.74, 6) is 0.333. The third kappa shape index (κ3) is 5.39. The molecule has 0 spiro atoms. The lowest BCUT2D eigenvalue weighted by Crippen LogP contribution is -2.28. The number of aromatic nitrogens is 2. The van der Waals surface area contributed by atoms with Crippen molar-refractivity contribution in [2.75, 3.05) is 11.9 Å². The smallest absolute Gasteiger partial charge is 0.338 e. The number of hydrogen-bond acceptors (Lipinski definition) is 5. The average Bonchev–Trinajstić information content (AvgIpc) is 2.92. The molecule has 0 atom stereocenters. The normalized spacial score (nSPS) is 11.3. The van der Waals surface area contributed by atoms with Crippen molar-refractivity contribution in [1.29, 1.82) is 0 Å². The molecule has 23 heavy (non-hydrogen) atoms. The van der Waals surface area contributed by atoms with Gasteiger partial charge >= 0.3 is 12.2 Å². The number of carbonyl (C=O) groups is 1. The van der Waals surface area contributed by atoms with Crippen molar-refractivity contribution in [2.24, 2.45) is 0 Å². The average molecular weight is 362 g/mol. The van der Waals surface area contributed by atoms with Crippen molar-refractivity contribution < 1.29 is 18.0 Å². The van der Waals surface area contributed by atoms with Crippen molar-refractivity contribution in [3.63, 3.8) is 0 Å². The number of rotatable bonds is 5. The zero-order chi connectivity index (χ0) is 16.9. The quantitative estimate of drug-likeness (QED) is 0.623. The Morgan fingerprint density at radius 3 is 2.83 bits per heavy atom. The monoisotopic (exact) mass is 362 g/mol. The molecule has 5 nitrogen and oxygen atoms in total. The number of halogens is 3. The zero-order valence-electron chi connectivity index (χ0n) is 12.0. The molecule has 10 heteroatoms. The fourth-order valence-electron chi connectivity index (χ4n) is 1.60. The summed E-state index contributed by atoms with van der Waals surface area (Å²) in [5.41, 5.74) is -0.135. The number of hydrogen-bond donors (Lipinski definition) is 2. The molecule has 0 unspecified atom stereocenters. The van der Waals surface area contributed by atoms with E-state index in [1.165, 1.54) is 17.8 Å². The summed E-state index contributed by atoms with van der Waals surface area (Å²) in [4.78, 5) is 11.3. The molecule has 0 radical (unpaired) electrons. The molecule has 0 aliphatic carbocycles. The van der Waals surface area contributed by atoms with Crippen LogP contribution in [0.2, 0.25) is 0 Å². The predicted molar refractivity (Wildman–Crippen MR) is 83.6 cm³/mol. The second-order valence-electron chi connectivity index (χ2n) is 4.34. The Labute approximate surface area is 138 Å². The van der Waals surface area contributed by atoms with E-state index in [-0.39, 0.29) is 6.03 Å². The Balaban J connectivity index is 1.94. The number of benzene rings is 1. The maximum atomic E-state index is 12.6. The molecule has 1 aromatic carbocycles. The van der Waals surface area contributed by atoms with Gasteiger partial charge in [0.05, 0.1) is 5.56 Å². The van der Waals surface area contributed by atoms with E-state index in [2.05, 4.69) is 20.8 Å². The first kappa shape index (κ1) is 17.5. The number of anilines is 1. The van der Waals surface area contributed by atoms with Crippen LogP contribution in [0.5, 0.6) is 0 Å². The first-order valence-electron chi connectivity index (χ1n) is 6.55. The van der Waals surface area contributed by atoms with Crippen molar-refractivity contribution in [2.45, 2.75) is 23.2 Å². The summed E-state index contributed by atoms with van der Waals surface area (Å²) in [6, 6.07) is 4.77. The molecule has 0 saturated heterocycles. The number of carbonyl (C=O) groups excluding carboxylic acids is 1. The third-order valence-corrected chi connectivity index (χ3v) is 4.62. The van der Waals surface area contributed by atoms with E-state index in [9.17, 15) is 18.0 Å². The second-order valence-corrected chi connectivity index (χ2v) is 6.54. The zero-order valence-corrected chi connectivity index (χ0v) is 13.6. The summed E-state index contributed by atoms with van der Waals surface area (Å²) < 4.78 is 38.5. The molecule has 0 saturated carbocycles. The van der Waals surface area contributed by atoms with Gasteiger partial charge in [0.25, 0.3) is 0 Å². The van der Waals surface area contributed by atoms with Gasteiger partial charge in [0.1, 0.15) is 0 Å². The van der Waals surface area contributed by atoms with Crippen LogP contribution in [-0.4, -0.2) is 22.8 Å². The van der Waals surface area contributed by atoms with E-state index in [0.717, 1.165) is 23.5 Å². The fraction of sp³-hybridized carbons (Fsp3) is 0.308. The first-order valence-corrected chi connectivity index (χ1v) is 8.36. The fourth-order valence-corrected chi connectivity index (χ4v) is 3.29. The minimum absolute atomic E-state index is 0.333. The Morgan fingerprint density at radius 1 is 1.35 bits per heavy atom. The Bertz CT molecular complexity index is 675. The van der Waals surface area contributed by atoms with Crippen LogP contribution in [0.25, 0.3) is 0 Å². The van der Waals surface area contributed by atoms with E-state index in [1.807, 2.05) is 0 Å². The molecule has 2 rings (SSSR count). The molecule has 2 aromatic rings. The van der Waals surface area contributed by atoms with Gasteiger partial charge in [-0.1, -0.05) is 41.3 Å². The van der Waals surface area contributed by atoms with Crippen LogP contribution < -0.4 is 10.6 Å². The van der Waals surface area contributed by atoms with Crippen LogP contribution >= 0.6 is 23.1 Å². The van der Waals surface area contributed by atoms with Crippen molar-refractivity contribution in [3.8, 4) is 0 Å². The van der Waals surface area contributed by atoms with E-state index in [0.29, 0.717) is 27.3 Å². The maximum absolute atomic E-state index is 12.6. The summed E-state index contributed by atoms with van der Waals surface area (Å²) in [6.07, 6.45) is -4.35. The molecule has 2 N–H and O–H groups in total. The maximum Gasteiger partial charge on any atom is 0.416 e. The van der Waals surface area contributed by atoms with Gasteiger partial charge in [-0.2, -0.15) is 13.2 Å². The van der Waals surface area contributed by atoms with Crippen molar-refractivity contribution in [1.82, 2.24) is 15.5 Å². The minimum atomic E-state index is -4.35. The number of nitrogens with zero attached hydrogens (tertiary/aromatic N) is 2. The highest BCUT2D eigenvalue weighted by Crippen LogP contribution is 2.32. The highest BCUT2D eigenvalue weighted by molar-refractivity contribution is 8.00. The van der Waals surface area contributed by atoms with Crippen LogP contribution in [0.1, 0.15) is 18.1 Å². The topological polar surface area (TPSA) is 66.9 Å². The molecular formula is C13H13F3N4OS2. The number of alkyl halides is 3. The van der Waals surface area contributed by atoms with E-state index in [1.54, 1.807) is 13.0 Å². The number of urea groups is 1. The lowest BCUT2D eigenvalue weighted by atomic mass is 10.1. The molecule has 2 amide bonds. The van der Waals surface area contributed by atoms with Crippen LogP contribution in [0.3, 0.4) is 0 Å². The molecule has 124 valence electrons. The molecule has 0 bridgehead atoms. The molecule has 1 heterocycles. The Hall–Kier alpha value is -1.81. The number of nitrogens with one attached hydrogen (secondary N) is 2. The van der Waals surface area contributed by atoms with E-state index in [4.69, 9.17) is 0 Å². The highest BCUT2D eigenvalue weighted by atomic mass is 32.2. The molecule has 0 aliphatic heterocycles. The van der Waals surface area contributed by atoms with Crippen LogP contribution in [0.4, 0.5) is 23.1 Å². The van der Waals surface area contributed by atoms with E-state index >= 15 is 0 Å². The summed E-state index contributed by atoms with van der Waals surface area (Å²) >= 11 is 2.42. The largest absolute Gasteiger partial charge is 0.416 e. The Morgan fingerprint density at radius 2 is 2.13 bits per heavy atom. The highest BCUT2D eigenvalue weighted by Gasteiger charge is 2.30. The second kappa shape index (κ2) is 7.64. The third-order valence-electron chi connectivity index (χ3n) is 2.58. The number of thioether (sulfide) groups is 1. The minimum Gasteiger partial charge on any atom is -0.338 e. The molecular weight excluding hydrogens is 349 g/mol. The first-order chi connectivity index (χ1) is 10.9. The van der Waals surface area contributed by atoms with Gasteiger partial charge in [0.15, 0.2) is 4.34 Å². The van der Waals surface area contributed by atoms with Gasteiger partial charge in [-0.05, 0) is 18.6 Å². The van der Waals surface area contributed by atoms with Crippen LogP contribution in [0, 0.1) is 0 Å². The summed E-state index contributed by atoms with van der Waals surface area (Å²) in [5, 5.41) is 13.1. The van der Waals surface area contributed by atoms with Gasteiger partial charge < -0.3 is 5.32 Å². The SMILES string of the molecule is CCNC(=O)Nc1nnc(SCc2cccc(C(F)(F)F)c2)s1. The lowest BCUT2D eigenvalue weighted by Gasteiger charge is -2.07. The lowest BCUT2D eigenvalue weighted by molar-refractivity contribution is -0.137. The summed E-state index contributed by atoms with van der Waals surface area (Å²) in [6.45, 7) is 2.28. The van der Waals surface area contributed by atoms with Gasteiger partial charge in [-0.25, -0.2) is 4.79 Å². The molecule has 0 fully saturated rings. The van der Waals surface area contributed by atoms with Crippen LogP contribution in [0.15, 0.2) is 28.6 Å². The van der Waals surface area contributed by atoms with Gasteiger partial charge in [0, 0.05) is 12.3 Å². The van der Waals surface area contributed by atoms with Crippen LogP contribution in [-0.2, 0) is 11.9 Å². The van der Waals surface area contributed by atoms with Gasteiger partial charge in [-0.3, -0.25) is 5.32 Å². The van der Waals surface area contributed by atoms with E-state index < -0.39 is 11.7 Å². The van der Waals surface area contributed by atoms with Crippen molar-refractivity contribution in [3.05, 3.63) is 35.4 Å². The Kier molecular flexibility index (Phi) is 5.83. The predicted octanol–water partition coefficient (Wildman–Crippen LogP) is 3.99. The standard InChI is InChI=1S/C13H13F3N4OS2/c1-2-17-10(21)18-11-19-20-12(23-11)22-7-8-4-3-5-9(6-8)13(14,15)16/h3-6H,2,7H2,1H3,(H2,17,18,19,21). The molecule has 1 aromatic heterocycles. The van der Waals surface area contributed by atoms with Crippen molar-refractivity contribution >= 4 is 34.3 Å². The molecule has 0 aliphatic rings.